The average molecular weight is 338 g/mol. The monoisotopic (exact) mass is 338 g/mol. The fraction of sp³-hybridized carbons (Fsp3) is 0.571. The summed E-state index contributed by atoms with van der Waals surface area (Å²) in [6.07, 6.45) is 7.51. The maximum atomic E-state index is 12.1. The standard InChI is InChI=1S/C21H26N2O2/c1-20(4-5-20)19(24)22-13-16-8-15-2-3-17(9-18(15)23-16)25-7-6-21-10-14(11-21)12-21/h2-3,8-9,14,23H,4-7,10-13H2,1H3,(H,22,24). The van der Waals surface area contributed by atoms with Gasteiger partial charge in [0.05, 0.1) is 13.2 Å². The second-order valence-corrected chi connectivity index (χ2v) is 8.86. The van der Waals surface area contributed by atoms with Crippen LogP contribution in [0.1, 0.15) is 51.1 Å². The quantitative estimate of drug-likeness (QED) is 0.797. The van der Waals surface area contributed by atoms with Crippen molar-refractivity contribution in [2.24, 2.45) is 16.7 Å². The Morgan fingerprint density at radius 3 is 2.76 bits per heavy atom. The van der Waals surface area contributed by atoms with Gasteiger partial charge >= 0.3 is 0 Å². The molecule has 0 atom stereocenters. The molecule has 132 valence electrons. The highest BCUT2D eigenvalue weighted by Gasteiger charge is 2.55. The molecule has 1 aromatic heterocycles. The summed E-state index contributed by atoms with van der Waals surface area (Å²) in [4.78, 5) is 15.5. The molecule has 0 spiro atoms. The number of aromatic nitrogens is 1. The summed E-state index contributed by atoms with van der Waals surface area (Å²) in [6.45, 7) is 3.41. The molecule has 2 aromatic rings. The molecule has 4 aliphatic rings. The Labute approximate surface area is 148 Å². The van der Waals surface area contributed by atoms with Crippen LogP contribution in [0.25, 0.3) is 10.9 Å². The summed E-state index contributed by atoms with van der Waals surface area (Å²) >= 11 is 0. The van der Waals surface area contributed by atoms with Gasteiger partial charge in [-0.15, -0.1) is 0 Å². The zero-order valence-corrected chi connectivity index (χ0v) is 14.9. The van der Waals surface area contributed by atoms with Crippen molar-refractivity contribution >= 4 is 16.8 Å². The van der Waals surface area contributed by atoms with Crippen LogP contribution >= 0.6 is 0 Å². The summed E-state index contributed by atoms with van der Waals surface area (Å²) in [5.41, 5.74) is 2.64. The van der Waals surface area contributed by atoms with Gasteiger partial charge in [0.2, 0.25) is 5.91 Å². The summed E-state index contributed by atoms with van der Waals surface area (Å²) in [5.74, 6) is 2.14. The van der Waals surface area contributed by atoms with Crippen LogP contribution in [0.3, 0.4) is 0 Å². The van der Waals surface area contributed by atoms with Gasteiger partial charge in [0.1, 0.15) is 5.75 Å². The minimum atomic E-state index is -0.118. The average Bonchev–Trinajstić information content (AvgIpc) is 3.14. The number of hydrogen-bond donors (Lipinski definition) is 2. The second kappa shape index (κ2) is 5.26. The molecular weight excluding hydrogens is 312 g/mol. The number of rotatable bonds is 7. The third kappa shape index (κ3) is 2.72. The Kier molecular flexibility index (Phi) is 3.22. The molecule has 0 aliphatic heterocycles. The van der Waals surface area contributed by atoms with Gasteiger partial charge in [-0.25, -0.2) is 0 Å². The van der Waals surface area contributed by atoms with Crippen molar-refractivity contribution < 1.29 is 9.53 Å². The molecular formula is C21H26N2O2. The number of carbonyl (C=O) groups excluding carboxylic acids is 1. The SMILES string of the molecule is CC1(C(=O)NCc2cc3ccc(OCCC45CC(C4)C5)cc3[nH]2)CC1. The van der Waals surface area contributed by atoms with Gasteiger partial charge in [-0.3, -0.25) is 4.79 Å². The Morgan fingerprint density at radius 1 is 1.28 bits per heavy atom. The Balaban J connectivity index is 1.19. The molecule has 0 radical (unpaired) electrons. The first-order valence-electron chi connectivity index (χ1n) is 9.57. The molecule has 4 heteroatoms. The fourth-order valence-corrected chi connectivity index (χ4v) is 4.50. The van der Waals surface area contributed by atoms with Crippen molar-refractivity contribution in [3.8, 4) is 5.75 Å². The maximum absolute atomic E-state index is 12.1. The smallest absolute Gasteiger partial charge is 0.226 e. The molecule has 1 aromatic carbocycles. The zero-order valence-electron chi connectivity index (χ0n) is 14.9. The van der Waals surface area contributed by atoms with Crippen LogP contribution in [-0.2, 0) is 11.3 Å². The first-order valence-corrected chi connectivity index (χ1v) is 9.57. The molecule has 1 amide bonds. The Morgan fingerprint density at radius 2 is 2.08 bits per heavy atom. The van der Waals surface area contributed by atoms with Crippen molar-refractivity contribution in [3.05, 3.63) is 30.0 Å². The third-order valence-electron chi connectivity index (χ3n) is 6.70. The Hall–Kier alpha value is -1.97. The highest BCUT2D eigenvalue weighted by atomic mass is 16.5. The van der Waals surface area contributed by atoms with Gasteiger partial charge in [-0.1, -0.05) is 6.92 Å². The normalized spacial score (nSPS) is 28.1. The lowest BCUT2D eigenvalue weighted by Crippen LogP contribution is -2.52. The van der Waals surface area contributed by atoms with Crippen LogP contribution in [0.15, 0.2) is 24.3 Å². The summed E-state index contributed by atoms with van der Waals surface area (Å²) < 4.78 is 5.98. The molecule has 6 rings (SSSR count). The highest BCUT2D eigenvalue weighted by Crippen LogP contribution is 2.66. The van der Waals surface area contributed by atoms with E-state index in [0.29, 0.717) is 12.0 Å². The third-order valence-corrected chi connectivity index (χ3v) is 6.70. The number of benzene rings is 1. The molecule has 0 unspecified atom stereocenters. The van der Waals surface area contributed by atoms with Gasteiger partial charge in [-0.2, -0.15) is 0 Å². The number of H-pyrrole nitrogens is 1. The topological polar surface area (TPSA) is 54.1 Å². The van der Waals surface area contributed by atoms with Crippen molar-refractivity contribution in [3.63, 3.8) is 0 Å². The van der Waals surface area contributed by atoms with E-state index in [2.05, 4.69) is 28.5 Å². The van der Waals surface area contributed by atoms with Crippen molar-refractivity contribution in [1.82, 2.24) is 10.3 Å². The largest absolute Gasteiger partial charge is 0.493 e. The van der Waals surface area contributed by atoms with E-state index in [9.17, 15) is 4.79 Å². The first-order chi connectivity index (χ1) is 12.0. The van der Waals surface area contributed by atoms with Crippen LogP contribution in [-0.4, -0.2) is 17.5 Å². The predicted molar refractivity (Wildman–Crippen MR) is 97.4 cm³/mol. The van der Waals surface area contributed by atoms with E-state index >= 15 is 0 Å². The molecule has 2 N–H and O–H groups in total. The lowest BCUT2D eigenvalue weighted by atomic mass is 9.43. The first kappa shape index (κ1) is 15.3. The number of carbonyl (C=O) groups is 1. The maximum Gasteiger partial charge on any atom is 0.226 e. The molecule has 25 heavy (non-hydrogen) atoms. The molecule has 4 fully saturated rings. The lowest BCUT2D eigenvalue weighted by Gasteiger charge is -2.62. The molecule has 4 saturated carbocycles. The van der Waals surface area contributed by atoms with Crippen LogP contribution < -0.4 is 10.1 Å². The number of fused-ring (bicyclic) bond motifs is 1. The van der Waals surface area contributed by atoms with Crippen molar-refractivity contribution in [1.29, 1.82) is 0 Å². The van der Waals surface area contributed by atoms with E-state index in [0.717, 1.165) is 47.7 Å². The number of amides is 1. The van der Waals surface area contributed by atoms with Crippen LogP contribution in [0.4, 0.5) is 0 Å². The molecule has 4 aliphatic carbocycles. The highest BCUT2D eigenvalue weighted by molar-refractivity contribution is 5.85. The number of hydrogen-bond acceptors (Lipinski definition) is 2. The lowest BCUT2D eigenvalue weighted by molar-refractivity contribution is -0.125. The number of aromatic amines is 1. The van der Waals surface area contributed by atoms with Crippen LogP contribution in [0.5, 0.6) is 5.75 Å². The minimum absolute atomic E-state index is 0.118. The molecule has 2 bridgehead atoms. The van der Waals surface area contributed by atoms with Gasteiger partial charge in [-0.05, 0) is 73.4 Å². The van der Waals surface area contributed by atoms with Crippen LogP contribution in [0.2, 0.25) is 0 Å². The second-order valence-electron chi connectivity index (χ2n) is 8.86. The van der Waals surface area contributed by atoms with E-state index < -0.39 is 0 Å². The van der Waals surface area contributed by atoms with E-state index in [4.69, 9.17) is 4.74 Å². The van der Waals surface area contributed by atoms with Gasteiger partial charge < -0.3 is 15.0 Å². The van der Waals surface area contributed by atoms with Crippen LogP contribution in [0, 0.1) is 16.7 Å². The van der Waals surface area contributed by atoms with Crippen molar-refractivity contribution in [2.75, 3.05) is 6.61 Å². The molecule has 0 saturated heterocycles. The van der Waals surface area contributed by atoms with E-state index in [1.165, 1.54) is 25.7 Å². The van der Waals surface area contributed by atoms with Gasteiger partial charge in [0.25, 0.3) is 0 Å². The van der Waals surface area contributed by atoms with Gasteiger partial charge in [0, 0.05) is 22.7 Å². The number of ether oxygens (including phenoxy) is 1. The van der Waals surface area contributed by atoms with E-state index in [1.807, 2.05) is 13.0 Å². The summed E-state index contributed by atoms with van der Waals surface area (Å²) in [6, 6.07) is 8.32. The summed E-state index contributed by atoms with van der Waals surface area (Å²) in [7, 11) is 0. The molecule has 1 heterocycles. The van der Waals surface area contributed by atoms with E-state index in [1.54, 1.807) is 0 Å². The fourth-order valence-electron chi connectivity index (χ4n) is 4.50. The minimum Gasteiger partial charge on any atom is -0.493 e. The summed E-state index contributed by atoms with van der Waals surface area (Å²) in [5, 5.41) is 4.20. The molecule has 4 nitrogen and oxygen atoms in total. The van der Waals surface area contributed by atoms with E-state index in [-0.39, 0.29) is 11.3 Å². The zero-order chi connectivity index (χ0) is 17.1. The Bertz CT molecular complexity index is 817. The number of nitrogens with one attached hydrogen (secondary N) is 2. The predicted octanol–water partition coefficient (Wildman–Crippen LogP) is 4.15. The van der Waals surface area contributed by atoms with Crippen molar-refractivity contribution in [2.45, 2.75) is 52.0 Å². The van der Waals surface area contributed by atoms with Gasteiger partial charge in [0.15, 0.2) is 0 Å².